The highest BCUT2D eigenvalue weighted by molar-refractivity contribution is 7.20. The summed E-state index contributed by atoms with van der Waals surface area (Å²) >= 11 is 0. The van der Waals surface area contributed by atoms with Gasteiger partial charge in [0.1, 0.15) is 17.3 Å². The van der Waals surface area contributed by atoms with E-state index in [4.69, 9.17) is 37.1 Å². The average molecular weight is 1150 g/mol. The van der Waals surface area contributed by atoms with E-state index in [1.165, 1.54) is 63.7 Å². The van der Waals surface area contributed by atoms with Crippen LogP contribution in [0.15, 0.2) is 279 Å². The van der Waals surface area contributed by atoms with E-state index in [1.807, 2.05) is 6.07 Å². The summed E-state index contributed by atoms with van der Waals surface area (Å²) in [5.41, 5.74) is -3.96. The van der Waals surface area contributed by atoms with Crippen molar-refractivity contribution < 1.29 is 55.9 Å². The Bertz CT molecular complexity index is 6390. The molecule has 0 radical (unpaired) electrons. The summed E-state index contributed by atoms with van der Waals surface area (Å²) in [5.74, 6) is 0.222. The number of benzene rings is 11. The number of aromatic nitrogens is 4. The predicted octanol–water partition coefficient (Wildman–Crippen LogP) is 16.6. The molecule has 0 amide bonds. The maximum atomic E-state index is 10.2. The molecule has 0 fully saturated rings. The summed E-state index contributed by atoms with van der Waals surface area (Å²) in [5, 5.41) is -2.20. The van der Waals surface area contributed by atoms with Gasteiger partial charge in [-0.2, -0.15) is 0 Å². The number of ether oxygens (including phenoxy) is 1. The molecule has 0 spiro atoms. The maximum Gasteiger partial charge on any atom is 0.269 e. The molecule has 410 valence electrons. The van der Waals surface area contributed by atoms with Gasteiger partial charge < -0.3 is 4.74 Å². The van der Waals surface area contributed by atoms with Crippen molar-refractivity contribution in [1.82, 2.24) is 14.1 Å². The molecular weight excluding hydrogens is 1050 g/mol. The molecule has 0 saturated carbocycles. The SMILES string of the molecule is [2H]c1c([2H])c([2H])c(-c2cc(C(C)(C)C)c(-[n+]3[c-]n(-c4cccc(Oc5ccc6c7ccccc7n(-c7cc(C([2H])([2H])[2H])c(-c8c([2H])c([2H])c([2H])c([2H])c8[2H])cn7)c6c5)c4)c4cc(-c5c(C([2H])([2H])[2H])cccc5C([2H])([2H])[2H])ccc43)c([Si](c3c([2H])c([2H])c([2H])c([2H])c3[2H])(c3c([2H])c([2H])c([2H])c([2H])c3[2H])c3c([2H])c([2H])c([2H])c([2H])c3[2H])c2)c([2H])c1[2H]. The largest absolute Gasteiger partial charge is 0.458 e. The lowest BCUT2D eigenvalue weighted by atomic mass is 9.83. The van der Waals surface area contributed by atoms with Gasteiger partial charge in [0.25, 0.3) is 6.33 Å². The van der Waals surface area contributed by atoms with Crippen molar-refractivity contribution in [3.8, 4) is 62.1 Å². The number of fused-ring (bicyclic) bond motifs is 4. The molecular formula is C79H64N4OSi. The fourth-order valence-electron chi connectivity index (χ4n) is 11.1. The van der Waals surface area contributed by atoms with Crippen LogP contribution in [0.2, 0.25) is 0 Å². The first-order valence-electron chi connectivity index (χ1n) is 43.5. The molecule has 5 nitrogen and oxygen atoms in total. The minimum absolute atomic E-state index is 0.0230. The number of aryl methyl sites for hydroxylation is 3. The van der Waals surface area contributed by atoms with Crippen LogP contribution < -0.4 is 30.1 Å². The molecule has 0 aliphatic heterocycles. The smallest absolute Gasteiger partial charge is 0.269 e. The summed E-state index contributed by atoms with van der Waals surface area (Å²) in [6.45, 7) is -4.04. The van der Waals surface area contributed by atoms with E-state index >= 15 is 0 Å². The molecule has 3 aromatic heterocycles. The third kappa shape index (κ3) is 9.36. The van der Waals surface area contributed by atoms with Crippen LogP contribution in [-0.2, 0) is 5.41 Å². The van der Waals surface area contributed by atoms with Crippen molar-refractivity contribution in [2.75, 3.05) is 0 Å². The zero-order chi connectivity index (χ0) is 87.1. The van der Waals surface area contributed by atoms with Crippen LogP contribution in [0.25, 0.3) is 83.4 Å². The Balaban J connectivity index is 1.13. The van der Waals surface area contributed by atoms with Gasteiger partial charge >= 0.3 is 0 Å². The second-order valence-electron chi connectivity index (χ2n) is 20.8. The van der Waals surface area contributed by atoms with Gasteiger partial charge in [-0.25, -0.2) is 4.98 Å². The van der Waals surface area contributed by atoms with Crippen LogP contribution in [0.3, 0.4) is 0 Å². The van der Waals surface area contributed by atoms with Crippen molar-refractivity contribution in [2.24, 2.45) is 0 Å². The number of pyridine rings is 1. The first kappa shape index (κ1) is 27.5. The number of para-hydroxylation sites is 1. The highest BCUT2D eigenvalue weighted by atomic mass is 28.3. The Labute approximate surface area is 546 Å². The molecule has 0 bridgehead atoms. The van der Waals surface area contributed by atoms with E-state index in [0.717, 1.165) is 12.3 Å². The summed E-state index contributed by atoms with van der Waals surface area (Å²) in [6, 6.07) is 5.41. The van der Waals surface area contributed by atoms with Crippen molar-refractivity contribution in [3.05, 3.63) is 307 Å². The number of nitrogens with zero attached hydrogens (tertiary/aromatic N) is 4. The Morgan fingerprint density at radius 3 is 1.75 bits per heavy atom. The summed E-state index contributed by atoms with van der Waals surface area (Å²) in [4.78, 5) is 4.70. The number of hydrogen-bond donors (Lipinski definition) is 0. The van der Waals surface area contributed by atoms with E-state index < -0.39 is 228 Å². The monoisotopic (exact) mass is 1150 g/mol. The van der Waals surface area contributed by atoms with Crippen LogP contribution >= 0.6 is 0 Å². The second kappa shape index (κ2) is 21.6. The molecule has 0 saturated heterocycles. The van der Waals surface area contributed by atoms with Crippen LogP contribution in [0.4, 0.5) is 0 Å². The van der Waals surface area contributed by atoms with E-state index in [-0.39, 0.29) is 73.1 Å². The molecule has 14 rings (SSSR count). The van der Waals surface area contributed by atoms with Gasteiger partial charge in [-0.15, -0.1) is 0 Å². The molecule has 0 aliphatic carbocycles. The van der Waals surface area contributed by atoms with Crippen molar-refractivity contribution >= 4 is 61.7 Å². The zero-order valence-corrected chi connectivity index (χ0v) is 46.3. The quantitative estimate of drug-likeness (QED) is 0.0529. The van der Waals surface area contributed by atoms with Gasteiger partial charge in [0, 0.05) is 40.9 Å². The number of hydrogen-bond acceptors (Lipinski definition) is 2. The van der Waals surface area contributed by atoms with Crippen LogP contribution in [-0.4, -0.2) is 22.2 Å². The minimum atomic E-state index is -6.43. The Hall–Kier alpha value is -10.1. The lowest BCUT2D eigenvalue weighted by Gasteiger charge is -2.38. The fraction of sp³-hybridized carbons (Fsp3) is 0.0886. The van der Waals surface area contributed by atoms with Crippen LogP contribution in [0.5, 0.6) is 11.5 Å². The highest BCUT2D eigenvalue weighted by Crippen LogP contribution is 2.39. The molecule has 14 aromatic rings. The standard InChI is InChI=1S/C79H64N4OSi/c1-54-26-24-27-55(2)77(54)59-42-45-72-74(48-59)81(61-32-25-33-62(50-61)84-63-43-44-68-67-40-22-23-41-71(67)83(73(68)51-63)76-46-56(3)69(52-80-76)58-30-14-8-15-31-58)53-82(72)78-70(79(4,5)6)47-60(57-28-12-7-13-29-57)49-75(78)85(64-34-16-9-17-35-64,65-36-18-10-19-37-65)66-38-20-11-21-39-66/h7-52H,1-6H3/i1D3,2D3,3D3,7D,8D,9D,10D,11D,12D,13D,14D,15D,16D,17D,18D,19D,20D,21D,28D,29D,30D,31D,34D,35D,36D,37D,38D,39D. The lowest BCUT2D eigenvalue weighted by molar-refractivity contribution is -0.572. The first-order valence-corrected chi connectivity index (χ1v) is 28.5. The topological polar surface area (TPSA) is 35.9 Å². The molecule has 0 N–H and O–H groups in total. The van der Waals surface area contributed by atoms with E-state index in [1.54, 1.807) is 79.9 Å². The maximum absolute atomic E-state index is 10.2. The predicted molar refractivity (Wildman–Crippen MR) is 355 cm³/mol. The average Bonchev–Trinajstić information content (AvgIpc) is 1.00. The van der Waals surface area contributed by atoms with Crippen molar-refractivity contribution in [3.63, 3.8) is 0 Å². The molecule has 85 heavy (non-hydrogen) atoms. The third-order valence-corrected chi connectivity index (χ3v) is 19.0. The number of rotatable bonds is 12. The van der Waals surface area contributed by atoms with Gasteiger partial charge in [-0.1, -0.05) is 239 Å². The van der Waals surface area contributed by atoms with Crippen LogP contribution in [0.1, 0.15) is 89.6 Å². The summed E-state index contributed by atoms with van der Waals surface area (Å²) in [7, 11) is -6.43. The first-order chi connectivity index (χ1) is 55.5. The Morgan fingerprint density at radius 1 is 0.506 bits per heavy atom. The van der Waals surface area contributed by atoms with Gasteiger partial charge in [0.05, 0.1) is 67.7 Å². The molecule has 3 heterocycles. The van der Waals surface area contributed by atoms with E-state index in [2.05, 4.69) is 6.33 Å². The van der Waals surface area contributed by atoms with Gasteiger partial charge in [0.15, 0.2) is 8.07 Å². The van der Waals surface area contributed by atoms with E-state index in [9.17, 15) is 19.2 Å². The Morgan fingerprint density at radius 2 is 1.11 bits per heavy atom. The lowest BCUT2D eigenvalue weighted by Crippen LogP contribution is -2.76. The molecule has 6 heteroatoms. The minimum Gasteiger partial charge on any atom is -0.458 e. The zero-order valence-electron chi connectivity index (χ0n) is 79.3. The van der Waals surface area contributed by atoms with Crippen molar-refractivity contribution in [1.29, 1.82) is 0 Å². The normalized spacial score (nSPS) is 18.0. The van der Waals surface area contributed by atoms with Crippen LogP contribution in [0, 0.1) is 26.9 Å². The van der Waals surface area contributed by atoms with Crippen molar-refractivity contribution in [2.45, 2.75) is 46.7 Å². The third-order valence-electron chi connectivity index (χ3n) is 14.8. The fourth-order valence-corrected chi connectivity index (χ4v) is 15.1. The van der Waals surface area contributed by atoms with E-state index in [0.29, 0.717) is 21.8 Å². The molecule has 11 aromatic carbocycles. The number of imidazole rings is 1. The molecule has 0 unspecified atom stereocenters. The summed E-state index contributed by atoms with van der Waals surface area (Å²) in [6.07, 6.45) is 4.52. The highest BCUT2D eigenvalue weighted by Gasteiger charge is 2.45. The summed E-state index contributed by atoms with van der Waals surface area (Å²) < 4.78 is 324. The van der Waals surface area contributed by atoms with Gasteiger partial charge in [-0.05, 0) is 145 Å². The van der Waals surface area contributed by atoms with Gasteiger partial charge in [0.2, 0.25) is 0 Å². The second-order valence-corrected chi connectivity index (χ2v) is 24.4. The molecule has 0 atom stereocenters. The molecule has 0 aliphatic rings. The Kier molecular flexibility index (Phi) is 6.97. The van der Waals surface area contributed by atoms with Gasteiger partial charge in [-0.3, -0.25) is 13.7 Å².